The van der Waals surface area contributed by atoms with Crippen LogP contribution in [0.3, 0.4) is 0 Å². The van der Waals surface area contributed by atoms with Crippen molar-refractivity contribution in [3.63, 3.8) is 0 Å². The van der Waals surface area contributed by atoms with Crippen LogP contribution in [0.1, 0.15) is 26.2 Å². The first kappa shape index (κ1) is 8.53. The maximum absolute atomic E-state index is 11.1. The Hall–Kier alpha value is -0.570. The van der Waals surface area contributed by atoms with Gasteiger partial charge in [0.1, 0.15) is 0 Å². The second-order valence-electron chi connectivity index (χ2n) is 2.86. The van der Waals surface area contributed by atoms with Crippen molar-refractivity contribution in [1.29, 1.82) is 0 Å². The molecular weight excluding hydrogens is 144 g/mol. The van der Waals surface area contributed by atoms with Crippen molar-refractivity contribution < 1.29 is 14.6 Å². The molecule has 0 aliphatic heterocycles. The molecule has 0 aromatic rings. The Bertz CT molecular complexity index is 140. The Balaban J connectivity index is 2.27. The molecule has 1 rings (SSSR count). The van der Waals surface area contributed by atoms with Crippen molar-refractivity contribution >= 4 is 5.97 Å². The molecule has 0 saturated heterocycles. The highest BCUT2D eigenvalue weighted by molar-refractivity contribution is 5.74. The molecule has 0 bridgehead atoms. The molecule has 1 unspecified atom stereocenters. The number of carbonyl (C=O) groups excluding carboxylic acids is 1. The Kier molecular flexibility index (Phi) is 2.88. The van der Waals surface area contributed by atoms with Gasteiger partial charge in [-0.2, -0.15) is 0 Å². The van der Waals surface area contributed by atoms with Gasteiger partial charge < -0.3 is 4.74 Å². The summed E-state index contributed by atoms with van der Waals surface area (Å²) in [5.74, 6) is -0.522. The molecular formula is C8H13O3. The summed E-state index contributed by atoms with van der Waals surface area (Å²) in [5.41, 5.74) is 0. The maximum atomic E-state index is 11.1. The van der Waals surface area contributed by atoms with Crippen LogP contribution in [0.5, 0.6) is 0 Å². The lowest BCUT2D eigenvalue weighted by Gasteiger charge is -2.27. The number of hydrogen-bond acceptors (Lipinski definition) is 2. The minimum absolute atomic E-state index is 0.0500. The predicted octanol–water partition coefficient (Wildman–Crippen LogP) is 1.15. The first-order valence-corrected chi connectivity index (χ1v) is 4.08. The van der Waals surface area contributed by atoms with E-state index in [2.05, 4.69) is 4.74 Å². The molecule has 11 heavy (non-hydrogen) atoms. The van der Waals surface area contributed by atoms with Crippen molar-refractivity contribution in [2.24, 2.45) is 5.92 Å². The molecule has 1 aliphatic rings. The summed E-state index contributed by atoms with van der Waals surface area (Å²) in [7, 11) is 0. The normalized spacial score (nSPS) is 20.5. The second-order valence-corrected chi connectivity index (χ2v) is 2.86. The molecule has 3 heteroatoms. The predicted molar refractivity (Wildman–Crippen MR) is 38.4 cm³/mol. The van der Waals surface area contributed by atoms with Crippen molar-refractivity contribution in [2.45, 2.75) is 32.3 Å². The van der Waals surface area contributed by atoms with E-state index in [1.54, 1.807) is 6.92 Å². The highest BCUT2D eigenvalue weighted by Gasteiger charge is 2.33. The van der Waals surface area contributed by atoms with Crippen molar-refractivity contribution in [1.82, 2.24) is 0 Å². The first-order valence-electron chi connectivity index (χ1n) is 4.08. The number of rotatable bonds is 3. The molecule has 63 valence electrons. The molecule has 0 N–H and O–H groups in total. The summed E-state index contributed by atoms with van der Waals surface area (Å²) in [5, 5.41) is 11.1. The van der Waals surface area contributed by atoms with Crippen LogP contribution in [0.25, 0.3) is 0 Å². The Morgan fingerprint density at radius 1 is 1.64 bits per heavy atom. The first-order chi connectivity index (χ1) is 5.25. The quantitative estimate of drug-likeness (QED) is 0.577. The van der Waals surface area contributed by atoms with Gasteiger partial charge in [0.05, 0.1) is 6.61 Å². The van der Waals surface area contributed by atoms with E-state index in [1.165, 1.54) is 0 Å². The Morgan fingerprint density at radius 3 is 2.64 bits per heavy atom. The third-order valence-corrected chi connectivity index (χ3v) is 2.10. The largest absolute Gasteiger partial charge is 0.464 e. The fourth-order valence-electron chi connectivity index (χ4n) is 1.16. The van der Waals surface area contributed by atoms with Crippen LogP contribution in [-0.4, -0.2) is 18.7 Å². The van der Waals surface area contributed by atoms with Gasteiger partial charge in [0.2, 0.25) is 0 Å². The smallest absolute Gasteiger partial charge is 0.338 e. The molecule has 0 aromatic heterocycles. The van der Waals surface area contributed by atoms with Crippen LogP contribution in [0.2, 0.25) is 0 Å². The summed E-state index contributed by atoms with van der Waals surface area (Å²) in [6.45, 7) is 2.02. The molecule has 0 aromatic carbocycles. The lowest BCUT2D eigenvalue weighted by Crippen LogP contribution is -2.34. The molecule has 1 radical (unpaired) electrons. The highest BCUT2D eigenvalue weighted by atomic mass is 16.5. The van der Waals surface area contributed by atoms with E-state index >= 15 is 0 Å². The van der Waals surface area contributed by atoms with Crippen LogP contribution < -0.4 is 0 Å². The van der Waals surface area contributed by atoms with Gasteiger partial charge in [0.15, 0.2) is 6.10 Å². The van der Waals surface area contributed by atoms with Gasteiger partial charge in [0.25, 0.3) is 0 Å². The van der Waals surface area contributed by atoms with Gasteiger partial charge in [-0.25, -0.2) is 9.90 Å². The molecule has 1 aliphatic carbocycles. The monoisotopic (exact) mass is 157 g/mol. The van der Waals surface area contributed by atoms with Crippen LogP contribution >= 0.6 is 0 Å². The van der Waals surface area contributed by atoms with Gasteiger partial charge in [-0.1, -0.05) is 6.42 Å². The zero-order chi connectivity index (χ0) is 8.27. The minimum Gasteiger partial charge on any atom is -0.464 e. The maximum Gasteiger partial charge on any atom is 0.338 e. The molecule has 1 atom stereocenters. The van der Waals surface area contributed by atoms with Crippen molar-refractivity contribution in [2.75, 3.05) is 6.61 Å². The van der Waals surface area contributed by atoms with E-state index in [1.807, 2.05) is 0 Å². The highest BCUT2D eigenvalue weighted by Crippen LogP contribution is 2.30. The molecule has 0 spiro atoms. The van der Waals surface area contributed by atoms with E-state index in [9.17, 15) is 9.90 Å². The van der Waals surface area contributed by atoms with Crippen LogP contribution in [0, 0.1) is 5.92 Å². The van der Waals surface area contributed by atoms with E-state index in [0.29, 0.717) is 6.61 Å². The van der Waals surface area contributed by atoms with E-state index in [4.69, 9.17) is 0 Å². The fourth-order valence-corrected chi connectivity index (χ4v) is 1.16. The molecule has 1 fully saturated rings. The third kappa shape index (κ3) is 1.93. The lowest BCUT2D eigenvalue weighted by molar-refractivity contribution is -0.163. The summed E-state index contributed by atoms with van der Waals surface area (Å²) < 4.78 is 4.61. The van der Waals surface area contributed by atoms with Gasteiger partial charge in [0, 0.05) is 0 Å². The van der Waals surface area contributed by atoms with E-state index < -0.39 is 12.1 Å². The van der Waals surface area contributed by atoms with Crippen molar-refractivity contribution in [3.05, 3.63) is 0 Å². The van der Waals surface area contributed by atoms with E-state index in [-0.39, 0.29) is 5.92 Å². The zero-order valence-corrected chi connectivity index (χ0v) is 6.71. The van der Waals surface area contributed by atoms with Crippen LogP contribution in [0.4, 0.5) is 0 Å². The second kappa shape index (κ2) is 3.72. The topological polar surface area (TPSA) is 46.2 Å². The summed E-state index contributed by atoms with van der Waals surface area (Å²) >= 11 is 0. The van der Waals surface area contributed by atoms with Crippen LogP contribution in [0.15, 0.2) is 0 Å². The van der Waals surface area contributed by atoms with Gasteiger partial charge in [-0.15, -0.1) is 0 Å². The Morgan fingerprint density at radius 2 is 2.27 bits per heavy atom. The summed E-state index contributed by atoms with van der Waals surface area (Å²) in [4.78, 5) is 10.8. The molecule has 0 heterocycles. The standard InChI is InChI=1S/C8H13O3/c1-2-11-8(10)7(9)6-4-3-5-6/h6-7H,2-5H2,1H3. The van der Waals surface area contributed by atoms with Gasteiger partial charge >= 0.3 is 5.97 Å². The third-order valence-electron chi connectivity index (χ3n) is 2.10. The summed E-state index contributed by atoms with van der Waals surface area (Å²) in [6.07, 6.45) is 1.76. The van der Waals surface area contributed by atoms with E-state index in [0.717, 1.165) is 19.3 Å². The number of hydrogen-bond donors (Lipinski definition) is 0. The number of ether oxygens (including phenoxy) is 1. The molecule has 3 nitrogen and oxygen atoms in total. The minimum atomic E-state index is -1.12. The zero-order valence-electron chi connectivity index (χ0n) is 6.71. The van der Waals surface area contributed by atoms with Gasteiger partial charge in [-0.3, -0.25) is 0 Å². The average Bonchev–Trinajstić information content (AvgIpc) is 1.84. The van der Waals surface area contributed by atoms with Gasteiger partial charge in [-0.05, 0) is 25.7 Å². The number of esters is 1. The molecule has 1 saturated carbocycles. The lowest BCUT2D eigenvalue weighted by atomic mass is 9.81. The molecule has 0 amide bonds. The number of carbonyl (C=O) groups is 1. The van der Waals surface area contributed by atoms with Crippen LogP contribution in [-0.2, 0) is 14.6 Å². The summed E-state index contributed by atoms with van der Waals surface area (Å²) in [6, 6.07) is 0. The SMILES string of the molecule is CCOC(=O)C([O])C1CCC1. The Labute approximate surface area is 66.4 Å². The van der Waals surface area contributed by atoms with Crippen molar-refractivity contribution in [3.8, 4) is 0 Å². The average molecular weight is 157 g/mol. The fraction of sp³-hybridized carbons (Fsp3) is 0.875.